The normalized spacial score (nSPS) is 12.1. The summed E-state index contributed by atoms with van der Waals surface area (Å²) in [6.07, 6.45) is 1.79. The molecule has 0 saturated heterocycles. The van der Waals surface area contributed by atoms with Crippen LogP contribution in [0.2, 0.25) is 0 Å². The van der Waals surface area contributed by atoms with Crippen LogP contribution in [0.3, 0.4) is 0 Å². The zero-order chi connectivity index (χ0) is 16.9. The standard InChI is InChI=1S/C19H22N4O/c1-14(13-23-15(2)10-11-21-23)12-20-19(24)22-18-9-5-7-16-6-3-4-8-17(16)18/h3-11,14H,12-13H2,1-2H3,(H2,20,22,24)/t14-/m0/s1. The Hall–Kier alpha value is -2.82. The molecule has 124 valence electrons. The van der Waals surface area contributed by atoms with E-state index in [0.717, 1.165) is 28.7 Å². The van der Waals surface area contributed by atoms with E-state index in [1.54, 1.807) is 6.20 Å². The first-order valence-corrected chi connectivity index (χ1v) is 8.14. The van der Waals surface area contributed by atoms with E-state index in [9.17, 15) is 4.79 Å². The van der Waals surface area contributed by atoms with Crippen LogP contribution in [0.1, 0.15) is 12.6 Å². The number of benzene rings is 2. The van der Waals surface area contributed by atoms with Gasteiger partial charge in [0.15, 0.2) is 0 Å². The maximum absolute atomic E-state index is 12.2. The van der Waals surface area contributed by atoms with Crippen LogP contribution in [0.15, 0.2) is 54.7 Å². The Bertz CT molecular complexity index is 835. The van der Waals surface area contributed by atoms with Gasteiger partial charge in [0.2, 0.25) is 0 Å². The molecule has 1 heterocycles. The number of anilines is 1. The molecule has 0 bridgehead atoms. The highest BCUT2D eigenvalue weighted by molar-refractivity contribution is 6.01. The van der Waals surface area contributed by atoms with Crippen molar-refractivity contribution in [3.8, 4) is 0 Å². The molecule has 2 amide bonds. The molecule has 0 aliphatic heterocycles. The van der Waals surface area contributed by atoms with E-state index < -0.39 is 0 Å². The van der Waals surface area contributed by atoms with Crippen molar-refractivity contribution in [1.29, 1.82) is 0 Å². The highest BCUT2D eigenvalue weighted by Crippen LogP contribution is 2.22. The average molecular weight is 322 g/mol. The maximum Gasteiger partial charge on any atom is 0.319 e. The van der Waals surface area contributed by atoms with Crippen molar-refractivity contribution in [3.05, 3.63) is 60.4 Å². The molecule has 5 heteroatoms. The Morgan fingerprint density at radius 2 is 1.96 bits per heavy atom. The smallest absolute Gasteiger partial charge is 0.319 e. The van der Waals surface area contributed by atoms with Crippen LogP contribution in [0.25, 0.3) is 10.8 Å². The molecule has 2 aromatic carbocycles. The molecule has 1 atom stereocenters. The van der Waals surface area contributed by atoms with Gasteiger partial charge in [0.25, 0.3) is 0 Å². The lowest BCUT2D eigenvalue weighted by Gasteiger charge is -2.15. The van der Waals surface area contributed by atoms with Gasteiger partial charge in [-0.2, -0.15) is 5.10 Å². The summed E-state index contributed by atoms with van der Waals surface area (Å²) < 4.78 is 1.95. The summed E-state index contributed by atoms with van der Waals surface area (Å²) in [6, 6.07) is 15.7. The first-order valence-electron chi connectivity index (χ1n) is 8.14. The highest BCUT2D eigenvalue weighted by Gasteiger charge is 2.09. The number of nitrogens with zero attached hydrogens (tertiary/aromatic N) is 2. The van der Waals surface area contributed by atoms with Crippen LogP contribution in [-0.4, -0.2) is 22.4 Å². The Morgan fingerprint density at radius 3 is 2.75 bits per heavy atom. The number of carbonyl (C=O) groups is 1. The zero-order valence-corrected chi connectivity index (χ0v) is 14.0. The highest BCUT2D eigenvalue weighted by atomic mass is 16.2. The fourth-order valence-electron chi connectivity index (χ4n) is 2.72. The number of urea groups is 1. The third-order valence-electron chi connectivity index (χ3n) is 4.06. The van der Waals surface area contributed by atoms with E-state index in [1.807, 2.05) is 60.1 Å². The first-order chi connectivity index (χ1) is 11.6. The Balaban J connectivity index is 1.56. The van der Waals surface area contributed by atoms with Crippen LogP contribution in [-0.2, 0) is 6.54 Å². The molecule has 0 unspecified atom stereocenters. The lowest BCUT2D eigenvalue weighted by Crippen LogP contribution is -2.33. The van der Waals surface area contributed by atoms with Crippen LogP contribution in [0.5, 0.6) is 0 Å². The lowest BCUT2D eigenvalue weighted by molar-refractivity contribution is 0.249. The minimum absolute atomic E-state index is 0.185. The predicted molar refractivity (Wildman–Crippen MR) is 97.1 cm³/mol. The number of fused-ring (bicyclic) bond motifs is 1. The van der Waals surface area contributed by atoms with Crippen LogP contribution in [0, 0.1) is 12.8 Å². The van der Waals surface area contributed by atoms with Gasteiger partial charge in [0.1, 0.15) is 0 Å². The van der Waals surface area contributed by atoms with Crippen molar-refractivity contribution < 1.29 is 4.79 Å². The summed E-state index contributed by atoms with van der Waals surface area (Å²) in [5.74, 6) is 0.293. The second-order valence-electron chi connectivity index (χ2n) is 6.12. The van der Waals surface area contributed by atoms with Crippen molar-refractivity contribution in [2.24, 2.45) is 5.92 Å². The number of aromatic nitrogens is 2. The predicted octanol–water partition coefficient (Wildman–Crippen LogP) is 3.80. The van der Waals surface area contributed by atoms with Crippen molar-refractivity contribution in [2.45, 2.75) is 20.4 Å². The first kappa shape index (κ1) is 16.1. The molecule has 3 rings (SSSR count). The quantitative estimate of drug-likeness (QED) is 0.750. The SMILES string of the molecule is Cc1ccnn1C[C@@H](C)CNC(=O)Nc1cccc2ccccc12. The van der Waals surface area contributed by atoms with Crippen molar-refractivity contribution in [3.63, 3.8) is 0 Å². The van der Waals surface area contributed by atoms with Gasteiger partial charge in [-0.3, -0.25) is 4.68 Å². The average Bonchev–Trinajstić information content (AvgIpc) is 2.98. The number of aryl methyl sites for hydroxylation is 1. The monoisotopic (exact) mass is 322 g/mol. The molecule has 0 radical (unpaired) electrons. The Labute approximate surface area is 141 Å². The molecular weight excluding hydrogens is 300 g/mol. The second kappa shape index (κ2) is 7.17. The fourth-order valence-corrected chi connectivity index (χ4v) is 2.72. The summed E-state index contributed by atoms with van der Waals surface area (Å²) >= 11 is 0. The molecule has 0 fully saturated rings. The molecular formula is C19H22N4O. The van der Waals surface area contributed by atoms with Gasteiger partial charge in [0.05, 0.1) is 5.69 Å². The van der Waals surface area contributed by atoms with E-state index in [0.29, 0.717) is 12.5 Å². The number of carbonyl (C=O) groups excluding carboxylic acids is 1. The van der Waals surface area contributed by atoms with Crippen LogP contribution >= 0.6 is 0 Å². The minimum atomic E-state index is -0.185. The van der Waals surface area contributed by atoms with E-state index >= 15 is 0 Å². The van der Waals surface area contributed by atoms with Crippen molar-refractivity contribution in [1.82, 2.24) is 15.1 Å². The van der Waals surface area contributed by atoms with Crippen LogP contribution < -0.4 is 10.6 Å². The summed E-state index contributed by atoms with van der Waals surface area (Å²) in [6.45, 7) is 5.50. The largest absolute Gasteiger partial charge is 0.338 e. The third-order valence-corrected chi connectivity index (χ3v) is 4.06. The second-order valence-corrected chi connectivity index (χ2v) is 6.12. The summed E-state index contributed by atoms with van der Waals surface area (Å²) in [4.78, 5) is 12.2. The van der Waals surface area contributed by atoms with Gasteiger partial charge in [0, 0.05) is 30.4 Å². The topological polar surface area (TPSA) is 59.0 Å². The summed E-state index contributed by atoms with van der Waals surface area (Å²) in [5, 5.41) is 12.3. The van der Waals surface area contributed by atoms with Gasteiger partial charge in [-0.05, 0) is 30.4 Å². The lowest BCUT2D eigenvalue weighted by atomic mass is 10.1. The van der Waals surface area contributed by atoms with Crippen LogP contribution in [0.4, 0.5) is 10.5 Å². The molecule has 24 heavy (non-hydrogen) atoms. The number of hydrogen-bond donors (Lipinski definition) is 2. The minimum Gasteiger partial charge on any atom is -0.338 e. The number of nitrogens with one attached hydrogen (secondary N) is 2. The van der Waals surface area contributed by atoms with Gasteiger partial charge in [-0.25, -0.2) is 4.79 Å². The van der Waals surface area contributed by atoms with E-state index in [4.69, 9.17) is 0 Å². The molecule has 3 aromatic rings. The molecule has 2 N–H and O–H groups in total. The molecule has 0 aliphatic rings. The van der Waals surface area contributed by atoms with Crippen molar-refractivity contribution in [2.75, 3.05) is 11.9 Å². The van der Waals surface area contributed by atoms with Gasteiger partial charge >= 0.3 is 6.03 Å². The summed E-state index contributed by atoms with van der Waals surface area (Å²) in [5.41, 5.74) is 1.95. The van der Waals surface area contributed by atoms with E-state index in [-0.39, 0.29) is 6.03 Å². The number of rotatable bonds is 5. The fraction of sp³-hybridized carbons (Fsp3) is 0.263. The van der Waals surface area contributed by atoms with Gasteiger partial charge in [-0.15, -0.1) is 0 Å². The molecule has 0 saturated carbocycles. The maximum atomic E-state index is 12.2. The Kier molecular flexibility index (Phi) is 4.79. The van der Waals surface area contributed by atoms with E-state index in [1.165, 1.54) is 0 Å². The van der Waals surface area contributed by atoms with Gasteiger partial charge < -0.3 is 10.6 Å². The zero-order valence-electron chi connectivity index (χ0n) is 14.0. The number of hydrogen-bond acceptors (Lipinski definition) is 2. The van der Waals surface area contributed by atoms with Crippen molar-refractivity contribution >= 4 is 22.5 Å². The molecule has 5 nitrogen and oxygen atoms in total. The summed E-state index contributed by atoms with van der Waals surface area (Å²) in [7, 11) is 0. The molecule has 0 spiro atoms. The van der Waals surface area contributed by atoms with Gasteiger partial charge in [-0.1, -0.05) is 43.3 Å². The van der Waals surface area contributed by atoms with E-state index in [2.05, 4.69) is 22.7 Å². The molecule has 0 aliphatic carbocycles. The Morgan fingerprint density at radius 1 is 1.17 bits per heavy atom. The third kappa shape index (κ3) is 3.74. The number of amides is 2. The molecule has 1 aromatic heterocycles.